The zero-order valence-corrected chi connectivity index (χ0v) is 12.0. The number of hydrogen-bond acceptors (Lipinski definition) is 5. The first kappa shape index (κ1) is 14.6. The molecule has 0 heterocycles. The highest BCUT2D eigenvalue weighted by Crippen LogP contribution is 2.39. The number of nitrogens with zero attached hydrogens (tertiary/aromatic N) is 1. The Kier molecular flexibility index (Phi) is 4.13. The van der Waals surface area contributed by atoms with Gasteiger partial charge in [-0.05, 0) is 36.8 Å². The van der Waals surface area contributed by atoms with Gasteiger partial charge >= 0.3 is 5.69 Å². The highest BCUT2D eigenvalue weighted by atomic mass is 16.6. The zero-order chi connectivity index (χ0) is 14.8. The second-order valence-corrected chi connectivity index (χ2v) is 6.21. The molecule has 1 aromatic carbocycles. The summed E-state index contributed by atoms with van der Waals surface area (Å²) in [6, 6.07) is 5.37. The minimum atomic E-state index is -0.397. The van der Waals surface area contributed by atoms with Crippen LogP contribution in [0.15, 0.2) is 18.2 Å². The van der Waals surface area contributed by atoms with Crippen LogP contribution in [-0.4, -0.2) is 11.0 Å². The Balaban J connectivity index is 2.23. The lowest BCUT2D eigenvalue weighted by atomic mass is 9.75. The van der Waals surface area contributed by atoms with E-state index in [1.807, 2.05) is 0 Å². The molecule has 1 aliphatic carbocycles. The molecule has 20 heavy (non-hydrogen) atoms. The molecule has 1 aliphatic rings. The van der Waals surface area contributed by atoms with Crippen molar-refractivity contribution >= 4 is 17.1 Å². The first-order valence-electron chi connectivity index (χ1n) is 6.93. The molecule has 0 radical (unpaired) electrons. The summed E-state index contributed by atoms with van der Waals surface area (Å²) in [6.07, 6.45) is 4.41. The monoisotopic (exact) mass is 278 g/mol. The first-order chi connectivity index (χ1) is 9.43. The van der Waals surface area contributed by atoms with E-state index in [0.29, 0.717) is 11.4 Å². The smallest absolute Gasteiger partial charge is 0.316 e. The average molecular weight is 278 g/mol. The van der Waals surface area contributed by atoms with E-state index in [9.17, 15) is 10.1 Å². The maximum absolute atomic E-state index is 11.2. The summed E-state index contributed by atoms with van der Waals surface area (Å²) >= 11 is 0. The lowest BCUT2D eigenvalue weighted by molar-refractivity contribution is -0.383. The number of nitrogen functional groups attached to an aromatic ring is 1. The van der Waals surface area contributed by atoms with E-state index in [1.165, 1.54) is 6.42 Å². The van der Waals surface area contributed by atoms with Crippen LogP contribution in [0, 0.1) is 15.5 Å². The van der Waals surface area contributed by atoms with Gasteiger partial charge in [0.15, 0.2) is 0 Å². The molecule has 0 aliphatic heterocycles. The van der Waals surface area contributed by atoms with Crippen molar-refractivity contribution < 1.29 is 4.92 Å². The van der Waals surface area contributed by atoms with Gasteiger partial charge in [0.25, 0.3) is 0 Å². The Morgan fingerprint density at radius 3 is 2.70 bits per heavy atom. The Labute approximate surface area is 118 Å². The van der Waals surface area contributed by atoms with Crippen molar-refractivity contribution in [1.29, 1.82) is 0 Å². The van der Waals surface area contributed by atoms with Gasteiger partial charge in [0, 0.05) is 6.04 Å². The van der Waals surface area contributed by atoms with Crippen LogP contribution in [0.5, 0.6) is 0 Å². The third-order valence-corrected chi connectivity index (χ3v) is 3.94. The molecule has 6 nitrogen and oxygen atoms in total. The van der Waals surface area contributed by atoms with Crippen molar-refractivity contribution in [1.82, 2.24) is 0 Å². The van der Waals surface area contributed by atoms with Gasteiger partial charge in [-0.15, -0.1) is 0 Å². The topological polar surface area (TPSA) is 93.2 Å². The Morgan fingerprint density at radius 1 is 1.40 bits per heavy atom. The Morgan fingerprint density at radius 2 is 2.10 bits per heavy atom. The number of nitrogens with two attached hydrogens (primary N) is 1. The Hall–Kier alpha value is -1.82. The van der Waals surface area contributed by atoms with E-state index in [0.717, 1.165) is 19.3 Å². The summed E-state index contributed by atoms with van der Waals surface area (Å²) in [5.41, 5.74) is 3.55. The third-order valence-electron chi connectivity index (χ3n) is 3.94. The summed E-state index contributed by atoms with van der Waals surface area (Å²) in [5, 5.41) is 14.6. The largest absolute Gasteiger partial charge is 0.377 e. The van der Waals surface area contributed by atoms with E-state index < -0.39 is 4.92 Å². The average Bonchev–Trinajstić information content (AvgIpc) is 2.36. The summed E-state index contributed by atoms with van der Waals surface area (Å²) in [7, 11) is 0. The van der Waals surface area contributed by atoms with Gasteiger partial charge < -0.3 is 10.7 Å². The van der Waals surface area contributed by atoms with Crippen LogP contribution in [0.3, 0.4) is 0 Å². The number of anilines is 2. The van der Waals surface area contributed by atoms with Gasteiger partial charge in [-0.2, -0.15) is 0 Å². The number of benzene rings is 1. The number of rotatable bonds is 4. The fraction of sp³-hybridized carbons (Fsp3) is 0.571. The van der Waals surface area contributed by atoms with Gasteiger partial charge in [0.1, 0.15) is 11.4 Å². The van der Waals surface area contributed by atoms with Crippen LogP contribution < -0.4 is 16.6 Å². The number of nitrogens with one attached hydrogen (secondary N) is 2. The van der Waals surface area contributed by atoms with Crippen LogP contribution in [0.4, 0.5) is 17.1 Å². The number of hydrogen-bond donors (Lipinski definition) is 3. The van der Waals surface area contributed by atoms with Crippen molar-refractivity contribution in [2.24, 2.45) is 11.3 Å². The van der Waals surface area contributed by atoms with Crippen molar-refractivity contribution in [3.8, 4) is 0 Å². The second kappa shape index (κ2) is 5.66. The molecule has 1 atom stereocenters. The molecular weight excluding hydrogens is 256 g/mol. The van der Waals surface area contributed by atoms with Gasteiger partial charge in [0.2, 0.25) is 0 Å². The molecule has 6 heteroatoms. The molecule has 2 rings (SSSR count). The molecule has 1 fully saturated rings. The maximum Gasteiger partial charge on any atom is 0.316 e. The normalized spacial score (nSPS) is 21.2. The van der Waals surface area contributed by atoms with Crippen LogP contribution in [-0.2, 0) is 0 Å². The minimum absolute atomic E-state index is 0.0124. The lowest BCUT2D eigenvalue weighted by Gasteiger charge is -2.36. The van der Waals surface area contributed by atoms with Gasteiger partial charge in [-0.3, -0.25) is 16.0 Å². The molecule has 0 amide bonds. The number of hydrazine groups is 1. The quantitative estimate of drug-likeness (QED) is 0.446. The Bertz CT molecular complexity index is 502. The summed E-state index contributed by atoms with van der Waals surface area (Å²) in [5.74, 6) is 5.35. The fourth-order valence-corrected chi connectivity index (χ4v) is 3.01. The van der Waals surface area contributed by atoms with Gasteiger partial charge in [0.05, 0.1) is 4.92 Å². The number of para-hydroxylation sites is 1. The van der Waals surface area contributed by atoms with E-state index >= 15 is 0 Å². The first-order valence-corrected chi connectivity index (χ1v) is 6.93. The highest BCUT2D eigenvalue weighted by Gasteiger charge is 2.29. The standard InChI is InChI=1S/C14H22N4O2/c1-14(2)8-4-5-10(9-14)16-11-6-3-7-12(17-15)13(11)18(19)20/h3,6-7,10,16-17H,4-5,8-9,15H2,1-2H3. The van der Waals surface area contributed by atoms with Gasteiger partial charge in [-0.1, -0.05) is 26.3 Å². The summed E-state index contributed by atoms with van der Waals surface area (Å²) < 4.78 is 0. The van der Waals surface area contributed by atoms with E-state index in [-0.39, 0.29) is 17.1 Å². The highest BCUT2D eigenvalue weighted by molar-refractivity contribution is 5.76. The summed E-state index contributed by atoms with van der Waals surface area (Å²) in [6.45, 7) is 4.49. The van der Waals surface area contributed by atoms with Crippen molar-refractivity contribution in [2.45, 2.75) is 45.6 Å². The zero-order valence-electron chi connectivity index (χ0n) is 12.0. The maximum atomic E-state index is 11.2. The predicted molar refractivity (Wildman–Crippen MR) is 80.6 cm³/mol. The summed E-state index contributed by atoms with van der Waals surface area (Å²) in [4.78, 5) is 10.8. The van der Waals surface area contributed by atoms with E-state index in [1.54, 1.807) is 18.2 Å². The number of nitro benzene ring substituents is 1. The molecule has 0 bridgehead atoms. The van der Waals surface area contributed by atoms with Crippen molar-refractivity contribution in [3.05, 3.63) is 28.3 Å². The molecule has 110 valence electrons. The molecule has 0 spiro atoms. The fourth-order valence-electron chi connectivity index (χ4n) is 3.01. The van der Waals surface area contributed by atoms with Crippen LogP contribution in [0.25, 0.3) is 0 Å². The molecule has 1 aromatic rings. The second-order valence-electron chi connectivity index (χ2n) is 6.21. The van der Waals surface area contributed by atoms with E-state index in [4.69, 9.17) is 5.84 Å². The molecule has 0 aromatic heterocycles. The minimum Gasteiger partial charge on any atom is -0.377 e. The lowest BCUT2D eigenvalue weighted by Crippen LogP contribution is -2.32. The molecule has 1 saturated carbocycles. The third kappa shape index (κ3) is 3.19. The SMILES string of the molecule is CC1(C)CCCC(Nc2cccc(NN)c2[N+](=O)[O-])C1. The number of nitro groups is 1. The van der Waals surface area contributed by atoms with Crippen molar-refractivity contribution in [3.63, 3.8) is 0 Å². The van der Waals surface area contributed by atoms with Crippen molar-refractivity contribution in [2.75, 3.05) is 10.7 Å². The van der Waals surface area contributed by atoms with Gasteiger partial charge in [-0.25, -0.2) is 0 Å². The molecule has 0 saturated heterocycles. The molecule has 1 unspecified atom stereocenters. The molecule has 4 N–H and O–H groups in total. The van der Waals surface area contributed by atoms with Crippen LogP contribution >= 0.6 is 0 Å². The van der Waals surface area contributed by atoms with Crippen LogP contribution in [0.2, 0.25) is 0 Å². The van der Waals surface area contributed by atoms with E-state index in [2.05, 4.69) is 24.6 Å². The predicted octanol–water partition coefficient (Wildman–Crippen LogP) is 3.26. The van der Waals surface area contributed by atoms with Crippen LogP contribution in [0.1, 0.15) is 39.5 Å². The molecular formula is C14H22N4O2.